The van der Waals surface area contributed by atoms with Crippen molar-refractivity contribution >= 4 is 15.9 Å². The second kappa shape index (κ2) is 6.15. The number of halogens is 1. The maximum atomic E-state index is 3.61. The molecule has 3 rings (SSSR count). The van der Waals surface area contributed by atoms with Crippen LogP contribution in [0.25, 0.3) is 0 Å². The highest BCUT2D eigenvalue weighted by atomic mass is 79.9. The topological polar surface area (TPSA) is 8.17 Å². The van der Waals surface area contributed by atoms with Gasteiger partial charge in [-0.1, -0.05) is 30.3 Å². The molecular weight excluding hydrogens is 312 g/mol. The molecule has 0 saturated carbocycles. The van der Waals surface area contributed by atoms with E-state index in [1.807, 2.05) is 0 Å². The first kappa shape index (κ1) is 13.9. The van der Waals surface area contributed by atoms with Gasteiger partial charge in [-0.3, -0.25) is 4.90 Å². The molecule has 0 unspecified atom stereocenters. The molecule has 1 aromatic carbocycles. The molecule has 3 heteroatoms. The van der Waals surface area contributed by atoms with Crippen molar-refractivity contribution in [3.8, 4) is 0 Å². The first-order chi connectivity index (χ1) is 9.72. The summed E-state index contributed by atoms with van der Waals surface area (Å²) in [6, 6.07) is 15.7. The molecule has 1 aromatic heterocycles. The molecule has 2 aromatic rings. The lowest BCUT2D eigenvalue weighted by Crippen LogP contribution is -2.26. The first-order valence-corrected chi connectivity index (χ1v) is 8.10. The van der Waals surface area contributed by atoms with Crippen molar-refractivity contribution in [1.82, 2.24) is 9.47 Å². The molecule has 0 aliphatic carbocycles. The Morgan fingerprint density at radius 3 is 2.65 bits per heavy atom. The summed E-state index contributed by atoms with van der Waals surface area (Å²) in [6.45, 7) is 5.74. The zero-order chi connectivity index (χ0) is 13.9. The maximum absolute atomic E-state index is 3.61. The van der Waals surface area contributed by atoms with Gasteiger partial charge in [0, 0.05) is 31.9 Å². The van der Waals surface area contributed by atoms with Crippen molar-refractivity contribution in [2.75, 3.05) is 6.54 Å². The minimum absolute atomic E-state index is 0.676. The van der Waals surface area contributed by atoms with Gasteiger partial charge < -0.3 is 4.57 Å². The van der Waals surface area contributed by atoms with Crippen molar-refractivity contribution < 1.29 is 0 Å². The van der Waals surface area contributed by atoms with E-state index in [4.69, 9.17) is 0 Å². The molecular formula is C17H21BrN2. The zero-order valence-corrected chi connectivity index (χ0v) is 13.5. The molecule has 0 spiro atoms. The van der Waals surface area contributed by atoms with Gasteiger partial charge in [0.25, 0.3) is 0 Å². The summed E-state index contributed by atoms with van der Waals surface area (Å²) in [6.07, 6.45) is 3.45. The van der Waals surface area contributed by atoms with E-state index >= 15 is 0 Å². The number of benzene rings is 1. The van der Waals surface area contributed by atoms with Gasteiger partial charge in [0.2, 0.25) is 0 Å². The monoisotopic (exact) mass is 332 g/mol. The Balaban J connectivity index is 1.61. The van der Waals surface area contributed by atoms with E-state index in [1.54, 1.807) is 0 Å². The van der Waals surface area contributed by atoms with E-state index in [9.17, 15) is 0 Å². The molecule has 0 bridgehead atoms. The number of aromatic nitrogens is 1. The summed E-state index contributed by atoms with van der Waals surface area (Å²) in [4.78, 5) is 2.61. The second-order valence-corrected chi connectivity index (χ2v) is 6.66. The van der Waals surface area contributed by atoms with Crippen LogP contribution in [0.1, 0.15) is 18.9 Å². The summed E-state index contributed by atoms with van der Waals surface area (Å²) in [7, 11) is 0. The number of likely N-dealkylation sites (tertiary alicyclic amines) is 1. The van der Waals surface area contributed by atoms with Crippen LogP contribution in [-0.2, 0) is 13.1 Å². The highest BCUT2D eigenvalue weighted by molar-refractivity contribution is 9.10. The molecule has 2 heterocycles. The number of hydrogen-bond donors (Lipinski definition) is 0. The van der Waals surface area contributed by atoms with Crippen molar-refractivity contribution in [3.05, 3.63) is 58.8 Å². The largest absolute Gasteiger partial charge is 0.342 e. The lowest BCUT2D eigenvalue weighted by atomic mass is 10.1. The summed E-state index contributed by atoms with van der Waals surface area (Å²) in [5, 5.41) is 0. The molecule has 1 aliphatic heterocycles. The molecule has 0 radical (unpaired) electrons. The third kappa shape index (κ3) is 3.15. The van der Waals surface area contributed by atoms with E-state index in [2.05, 4.69) is 81.0 Å². The molecule has 0 N–H and O–H groups in total. The number of rotatable bonds is 4. The fourth-order valence-corrected chi connectivity index (χ4v) is 3.62. The first-order valence-electron chi connectivity index (χ1n) is 7.31. The van der Waals surface area contributed by atoms with E-state index in [1.165, 1.54) is 23.1 Å². The Morgan fingerprint density at radius 2 is 1.95 bits per heavy atom. The average molecular weight is 333 g/mol. The molecule has 2 atom stereocenters. The summed E-state index contributed by atoms with van der Waals surface area (Å²) in [5.74, 6) is 0.748. The Hall–Kier alpha value is -1.06. The molecule has 1 aliphatic rings. The Morgan fingerprint density at radius 1 is 1.15 bits per heavy atom. The van der Waals surface area contributed by atoms with E-state index < -0.39 is 0 Å². The molecule has 2 nitrogen and oxygen atoms in total. The van der Waals surface area contributed by atoms with Crippen molar-refractivity contribution in [2.24, 2.45) is 5.92 Å². The highest BCUT2D eigenvalue weighted by Crippen LogP contribution is 2.27. The zero-order valence-electron chi connectivity index (χ0n) is 11.9. The highest BCUT2D eigenvalue weighted by Gasteiger charge is 2.29. The van der Waals surface area contributed by atoms with Gasteiger partial charge in [-0.2, -0.15) is 0 Å². The summed E-state index contributed by atoms with van der Waals surface area (Å²) < 4.78 is 3.50. The van der Waals surface area contributed by atoms with Crippen LogP contribution in [0.15, 0.2) is 53.3 Å². The van der Waals surface area contributed by atoms with Crippen LogP contribution in [-0.4, -0.2) is 22.1 Å². The van der Waals surface area contributed by atoms with Crippen molar-refractivity contribution in [3.63, 3.8) is 0 Å². The lowest BCUT2D eigenvalue weighted by Gasteiger charge is -2.21. The normalized spacial score (nSPS) is 23.3. The van der Waals surface area contributed by atoms with Crippen LogP contribution in [0.2, 0.25) is 0 Å². The van der Waals surface area contributed by atoms with E-state index in [0.29, 0.717) is 6.04 Å². The van der Waals surface area contributed by atoms with Crippen LogP contribution in [0, 0.1) is 5.92 Å². The van der Waals surface area contributed by atoms with Gasteiger partial charge >= 0.3 is 0 Å². The minimum Gasteiger partial charge on any atom is -0.342 e. The van der Waals surface area contributed by atoms with E-state index in [-0.39, 0.29) is 0 Å². The molecule has 0 amide bonds. The predicted molar refractivity (Wildman–Crippen MR) is 86.6 cm³/mol. The van der Waals surface area contributed by atoms with E-state index in [0.717, 1.165) is 19.0 Å². The quantitative estimate of drug-likeness (QED) is 0.816. The number of nitrogens with zero attached hydrogens (tertiary/aromatic N) is 2. The molecule has 1 fully saturated rings. The number of hydrogen-bond acceptors (Lipinski definition) is 1. The van der Waals surface area contributed by atoms with Crippen LogP contribution >= 0.6 is 15.9 Å². The van der Waals surface area contributed by atoms with Gasteiger partial charge in [0.15, 0.2) is 0 Å². The van der Waals surface area contributed by atoms with Gasteiger partial charge in [-0.15, -0.1) is 0 Å². The average Bonchev–Trinajstić information content (AvgIpc) is 2.99. The Kier molecular flexibility index (Phi) is 4.27. The smallest absolute Gasteiger partial charge is 0.0846 e. The third-order valence-electron chi connectivity index (χ3n) is 4.25. The lowest BCUT2D eigenvalue weighted by molar-refractivity contribution is 0.253. The Labute approximate surface area is 129 Å². The SMILES string of the molecule is C[C@H]1C[C@@H](Cn2cccc2Br)CN1Cc1ccccc1. The standard InChI is InChI=1S/C17H21BrN2/c1-14-10-16(12-19-9-5-8-17(19)18)13-20(14)11-15-6-3-2-4-7-15/h2-9,14,16H,10-13H2,1H3/t14-,16-/m0/s1. The van der Waals surface area contributed by atoms with Gasteiger partial charge in [0.1, 0.15) is 0 Å². The van der Waals surface area contributed by atoms with Crippen LogP contribution in [0.3, 0.4) is 0 Å². The molecule has 1 saturated heterocycles. The fraction of sp³-hybridized carbons (Fsp3) is 0.412. The minimum atomic E-state index is 0.676. The van der Waals surface area contributed by atoms with Crippen LogP contribution in [0.5, 0.6) is 0 Å². The Bertz CT molecular complexity index is 549. The van der Waals surface area contributed by atoms with Crippen LogP contribution < -0.4 is 0 Å². The van der Waals surface area contributed by atoms with Gasteiger partial charge in [-0.05, 0) is 52.9 Å². The van der Waals surface area contributed by atoms with Gasteiger partial charge in [0.05, 0.1) is 4.60 Å². The third-order valence-corrected chi connectivity index (χ3v) is 4.97. The molecule has 20 heavy (non-hydrogen) atoms. The fourth-order valence-electron chi connectivity index (χ4n) is 3.21. The van der Waals surface area contributed by atoms with Crippen molar-refractivity contribution in [2.45, 2.75) is 32.5 Å². The molecule has 106 valence electrons. The summed E-state index contributed by atoms with van der Waals surface area (Å²) in [5.41, 5.74) is 1.42. The van der Waals surface area contributed by atoms with Crippen molar-refractivity contribution in [1.29, 1.82) is 0 Å². The maximum Gasteiger partial charge on any atom is 0.0846 e. The second-order valence-electron chi connectivity index (χ2n) is 5.85. The van der Waals surface area contributed by atoms with Gasteiger partial charge in [-0.25, -0.2) is 0 Å². The van der Waals surface area contributed by atoms with Crippen LogP contribution in [0.4, 0.5) is 0 Å². The predicted octanol–water partition coefficient (Wildman–Crippen LogP) is 4.16. The summed E-state index contributed by atoms with van der Waals surface area (Å²) >= 11 is 3.61.